The van der Waals surface area contributed by atoms with Crippen molar-refractivity contribution < 1.29 is 57.7 Å². The van der Waals surface area contributed by atoms with Crippen LogP contribution in [0.5, 0.6) is 0 Å². The molecule has 0 saturated carbocycles. The van der Waals surface area contributed by atoms with E-state index in [2.05, 4.69) is 9.98 Å². The van der Waals surface area contributed by atoms with Crippen molar-refractivity contribution in [3.8, 4) is 0 Å². The summed E-state index contributed by atoms with van der Waals surface area (Å²) in [6.45, 7) is -0.699. The van der Waals surface area contributed by atoms with E-state index in [-0.39, 0.29) is 100 Å². The van der Waals surface area contributed by atoms with E-state index in [1.165, 1.54) is 28.0 Å². The molecular formula is C38H40Cl2F6N6O8S2. The number of nitro benzene ring substituents is 1. The molecule has 2 fully saturated rings. The van der Waals surface area contributed by atoms with E-state index in [0.717, 1.165) is 6.08 Å². The van der Waals surface area contributed by atoms with Crippen molar-refractivity contribution >= 4 is 77.5 Å². The molecule has 4 aliphatic rings. The number of benzene rings is 2. The fourth-order valence-corrected chi connectivity index (χ4v) is 11.5. The second kappa shape index (κ2) is 19.5. The van der Waals surface area contributed by atoms with Crippen molar-refractivity contribution in [3.05, 3.63) is 91.0 Å². The number of allylic oxidation sites excluding steroid dienone is 2. The Kier molecular flexibility index (Phi) is 15.2. The number of amides is 2. The highest BCUT2D eigenvalue weighted by molar-refractivity contribution is 7.91. The van der Waals surface area contributed by atoms with Crippen LogP contribution in [0.2, 0.25) is 10.0 Å². The van der Waals surface area contributed by atoms with E-state index in [0.29, 0.717) is 43.0 Å². The first-order valence-corrected chi connectivity index (χ1v) is 23.3. The predicted octanol–water partition coefficient (Wildman–Crippen LogP) is 6.36. The minimum absolute atomic E-state index is 0.0172. The lowest BCUT2D eigenvalue weighted by Gasteiger charge is -2.25. The van der Waals surface area contributed by atoms with Gasteiger partial charge in [-0.2, -0.15) is 26.3 Å². The minimum atomic E-state index is -4.69. The normalized spacial score (nSPS) is 20.4. The molecule has 2 saturated heterocycles. The van der Waals surface area contributed by atoms with Gasteiger partial charge in [0, 0.05) is 43.4 Å². The molecule has 4 aliphatic heterocycles. The number of halogens is 8. The molecule has 0 bridgehead atoms. The molecule has 0 radical (unpaired) electrons. The number of alkyl halides is 6. The number of nitrogens with two attached hydrogens (primary N) is 1. The first-order valence-electron chi connectivity index (χ1n) is 18.9. The summed E-state index contributed by atoms with van der Waals surface area (Å²) in [5.74, 6) is -1.38. The lowest BCUT2D eigenvalue weighted by atomic mass is 10.0. The van der Waals surface area contributed by atoms with Gasteiger partial charge in [0.15, 0.2) is 19.7 Å². The summed E-state index contributed by atoms with van der Waals surface area (Å²) in [4.78, 5) is 45.8. The van der Waals surface area contributed by atoms with Crippen LogP contribution in [-0.2, 0) is 42.4 Å². The minimum Gasteiger partial charge on any atom is -0.398 e. The van der Waals surface area contributed by atoms with Crippen LogP contribution in [0.15, 0.2) is 69.7 Å². The van der Waals surface area contributed by atoms with Gasteiger partial charge in [-0.3, -0.25) is 29.7 Å². The van der Waals surface area contributed by atoms with Gasteiger partial charge in [-0.25, -0.2) is 16.8 Å². The number of nitro groups is 1. The van der Waals surface area contributed by atoms with Crippen molar-refractivity contribution in [2.75, 3.05) is 54.9 Å². The number of rotatable bonds is 13. The van der Waals surface area contributed by atoms with E-state index in [4.69, 9.17) is 28.9 Å². The molecule has 0 aromatic heterocycles. The van der Waals surface area contributed by atoms with Crippen LogP contribution in [0.3, 0.4) is 0 Å². The third kappa shape index (κ3) is 12.8. The number of carbonyl (C=O) groups is 2. The molecule has 2 aromatic rings. The number of nitrogens with zero attached hydrogens (tertiary/aromatic N) is 5. The van der Waals surface area contributed by atoms with E-state index in [9.17, 15) is 62.9 Å². The molecule has 2 aromatic carbocycles. The Labute approximate surface area is 362 Å². The highest BCUT2D eigenvalue weighted by Gasteiger charge is 2.39. The van der Waals surface area contributed by atoms with Gasteiger partial charge in [0.05, 0.1) is 51.7 Å². The lowest BCUT2D eigenvalue weighted by molar-refractivity contribution is -0.384. The molecule has 0 aliphatic carbocycles. The number of hydrogen-bond donors (Lipinski definition) is 1. The number of aliphatic imine (C=N–C) groups is 2. The zero-order valence-corrected chi connectivity index (χ0v) is 35.7. The van der Waals surface area contributed by atoms with Gasteiger partial charge in [-0.1, -0.05) is 47.5 Å². The number of nitrogen functional groups attached to an aromatic ring is 1. The third-order valence-electron chi connectivity index (χ3n) is 10.5. The Hall–Kier alpha value is -4.54. The molecule has 24 heteroatoms. The summed E-state index contributed by atoms with van der Waals surface area (Å²) >= 11 is 12.3. The molecule has 2 unspecified atom stereocenters. The van der Waals surface area contributed by atoms with Gasteiger partial charge < -0.3 is 15.5 Å². The zero-order chi connectivity index (χ0) is 45.8. The standard InChI is InChI=1S/C19H19ClF3N3O5S.C19H21ClF3N3O3S/c20-17-13(2-1-3-15(17)26(28)29)10-25(6-4-12-5-7-32(30,31)11-12)18(27)14-8-16(24-9-14)19(21,22)23;20-17-13(2-1-3-15(17)24)10-26(6-4-12-5-7-30(28,29)11-12)18(27)14-8-16(25-9-14)19(21,22)23/h1-3,8,12H,4-7,9-11H2;1-3,8,12H,4-7,9-11,24H2. The van der Waals surface area contributed by atoms with Gasteiger partial charge in [0.25, 0.3) is 17.5 Å². The van der Waals surface area contributed by atoms with Crippen molar-refractivity contribution in [2.24, 2.45) is 21.8 Å². The summed E-state index contributed by atoms with van der Waals surface area (Å²) in [7, 11) is -6.21. The second-order valence-corrected chi connectivity index (χ2v) is 20.3. The van der Waals surface area contributed by atoms with Crippen molar-refractivity contribution in [2.45, 2.75) is 51.1 Å². The Morgan fingerprint density at radius 1 is 0.742 bits per heavy atom. The summed E-state index contributed by atoms with van der Waals surface area (Å²) in [5.41, 5.74) is 4.10. The van der Waals surface area contributed by atoms with Crippen molar-refractivity contribution in [3.63, 3.8) is 0 Å². The topological polar surface area (TPSA) is 203 Å². The van der Waals surface area contributed by atoms with Crippen LogP contribution in [0, 0.1) is 22.0 Å². The summed E-state index contributed by atoms with van der Waals surface area (Å²) < 4.78 is 124. The summed E-state index contributed by atoms with van der Waals surface area (Å²) in [6, 6.07) is 9.03. The maximum absolute atomic E-state index is 13.0. The number of hydrogen-bond acceptors (Lipinski definition) is 11. The maximum Gasteiger partial charge on any atom is 0.432 e. The highest BCUT2D eigenvalue weighted by Crippen LogP contribution is 2.32. The van der Waals surface area contributed by atoms with Crippen molar-refractivity contribution in [1.82, 2.24) is 9.80 Å². The average Bonchev–Trinajstić information content (AvgIpc) is 4.00. The fourth-order valence-electron chi connectivity index (χ4n) is 7.20. The zero-order valence-electron chi connectivity index (χ0n) is 32.6. The molecular weight excluding hydrogens is 917 g/mol. The quantitative estimate of drug-likeness (QED) is 0.103. The first-order chi connectivity index (χ1) is 28.8. The van der Waals surface area contributed by atoms with Crippen LogP contribution in [0.1, 0.15) is 36.8 Å². The van der Waals surface area contributed by atoms with Gasteiger partial charge in [0.2, 0.25) is 0 Å². The fraction of sp³-hybridized carbons (Fsp3) is 0.474. The van der Waals surface area contributed by atoms with E-state index < -0.39 is 66.7 Å². The van der Waals surface area contributed by atoms with E-state index >= 15 is 0 Å². The average molecular weight is 958 g/mol. The second-order valence-electron chi connectivity index (χ2n) is 15.1. The van der Waals surface area contributed by atoms with Gasteiger partial charge in [-0.05, 0) is 66.9 Å². The molecule has 2 atom stereocenters. The monoisotopic (exact) mass is 956 g/mol. The van der Waals surface area contributed by atoms with Crippen LogP contribution >= 0.6 is 23.2 Å². The van der Waals surface area contributed by atoms with Crippen LogP contribution in [0.4, 0.5) is 37.7 Å². The van der Waals surface area contributed by atoms with Gasteiger partial charge in [-0.15, -0.1) is 0 Å². The molecule has 0 spiro atoms. The molecule has 6 rings (SSSR count). The molecule has 62 heavy (non-hydrogen) atoms. The Balaban J connectivity index is 0.000000235. The summed E-state index contributed by atoms with van der Waals surface area (Å²) in [6.07, 6.45) is -6.18. The molecule has 338 valence electrons. The summed E-state index contributed by atoms with van der Waals surface area (Å²) in [5, 5.41) is 11.2. The Morgan fingerprint density at radius 2 is 1.16 bits per heavy atom. The smallest absolute Gasteiger partial charge is 0.398 e. The van der Waals surface area contributed by atoms with E-state index in [1.54, 1.807) is 18.2 Å². The van der Waals surface area contributed by atoms with Crippen LogP contribution in [-0.4, -0.2) is 116 Å². The lowest BCUT2D eigenvalue weighted by Crippen LogP contribution is -2.34. The molecule has 14 nitrogen and oxygen atoms in total. The van der Waals surface area contributed by atoms with Gasteiger partial charge in [0.1, 0.15) is 16.4 Å². The number of sulfone groups is 2. The predicted molar refractivity (Wildman–Crippen MR) is 220 cm³/mol. The third-order valence-corrected chi connectivity index (χ3v) is 15.1. The Bertz CT molecular complexity index is 2440. The van der Waals surface area contributed by atoms with Crippen molar-refractivity contribution in [1.29, 1.82) is 0 Å². The number of anilines is 1. The molecule has 2 N–H and O–H groups in total. The van der Waals surface area contributed by atoms with E-state index in [1.807, 2.05) is 0 Å². The number of carbonyl (C=O) groups excluding carboxylic acids is 2. The largest absolute Gasteiger partial charge is 0.432 e. The first kappa shape index (κ1) is 48.5. The van der Waals surface area contributed by atoms with Crippen LogP contribution in [0.25, 0.3) is 0 Å². The SMILES string of the molecule is Nc1cccc(CN(CCC2CCS(=O)(=O)C2)C(=O)C2=CC(C(F)(F)F)=NC2)c1Cl.O=C(C1=CC(C(F)(F)F)=NC1)N(CCC1CCS(=O)(=O)C1)Cc1cccc([N+](=O)[O-])c1Cl. The maximum atomic E-state index is 13.0. The Morgan fingerprint density at radius 3 is 1.53 bits per heavy atom. The molecule has 4 heterocycles. The van der Waals surface area contributed by atoms with Crippen LogP contribution < -0.4 is 5.73 Å². The highest BCUT2D eigenvalue weighted by atomic mass is 35.5. The molecule has 2 amide bonds. The van der Waals surface area contributed by atoms with Gasteiger partial charge >= 0.3 is 12.4 Å².